The summed E-state index contributed by atoms with van der Waals surface area (Å²) in [5, 5.41) is 8.65. The van der Waals surface area contributed by atoms with Crippen LogP contribution in [0.3, 0.4) is 0 Å². The molecule has 1 N–H and O–H groups in total. The SMILES string of the molecule is OCCC#Cc1cc(F)cc(COCc2ccco2)c1. The Kier molecular flexibility index (Phi) is 5.36. The van der Waals surface area contributed by atoms with Gasteiger partial charge in [0.2, 0.25) is 0 Å². The number of rotatable bonds is 5. The Bertz CT molecular complexity index is 594. The zero-order valence-corrected chi connectivity index (χ0v) is 10.9. The maximum absolute atomic E-state index is 13.4. The van der Waals surface area contributed by atoms with Crippen molar-refractivity contribution in [1.29, 1.82) is 0 Å². The zero-order valence-electron chi connectivity index (χ0n) is 10.9. The fraction of sp³-hybridized carbons (Fsp3) is 0.250. The van der Waals surface area contributed by atoms with Crippen molar-refractivity contribution in [3.63, 3.8) is 0 Å². The van der Waals surface area contributed by atoms with Crippen molar-refractivity contribution in [2.24, 2.45) is 0 Å². The predicted molar refractivity (Wildman–Crippen MR) is 72.2 cm³/mol. The van der Waals surface area contributed by atoms with Gasteiger partial charge in [-0.05, 0) is 35.9 Å². The lowest BCUT2D eigenvalue weighted by Crippen LogP contribution is -1.95. The van der Waals surface area contributed by atoms with Gasteiger partial charge in [0.15, 0.2) is 0 Å². The van der Waals surface area contributed by atoms with E-state index in [0.717, 1.165) is 5.76 Å². The van der Waals surface area contributed by atoms with Crippen LogP contribution in [-0.2, 0) is 18.0 Å². The first-order valence-corrected chi connectivity index (χ1v) is 6.27. The first kappa shape index (κ1) is 14.3. The van der Waals surface area contributed by atoms with E-state index in [1.165, 1.54) is 12.1 Å². The first-order chi connectivity index (χ1) is 9.78. The summed E-state index contributed by atoms with van der Waals surface area (Å²) < 4.78 is 24.0. The van der Waals surface area contributed by atoms with E-state index in [-0.39, 0.29) is 19.0 Å². The predicted octanol–water partition coefficient (Wildman–Crippen LogP) is 2.87. The Hall–Kier alpha value is -2.09. The third kappa shape index (κ3) is 4.54. The van der Waals surface area contributed by atoms with Crippen molar-refractivity contribution in [3.05, 3.63) is 59.3 Å². The topological polar surface area (TPSA) is 42.6 Å². The molecule has 0 aliphatic carbocycles. The van der Waals surface area contributed by atoms with Crippen LogP contribution in [0.25, 0.3) is 0 Å². The molecule has 0 amide bonds. The molecular weight excluding hydrogens is 259 g/mol. The molecule has 0 unspecified atom stereocenters. The van der Waals surface area contributed by atoms with Gasteiger partial charge in [-0.3, -0.25) is 0 Å². The van der Waals surface area contributed by atoms with Gasteiger partial charge in [0.05, 0.1) is 19.5 Å². The average molecular weight is 274 g/mol. The van der Waals surface area contributed by atoms with Crippen molar-refractivity contribution < 1.29 is 18.7 Å². The summed E-state index contributed by atoms with van der Waals surface area (Å²) in [5.74, 6) is 5.95. The van der Waals surface area contributed by atoms with Gasteiger partial charge in [-0.2, -0.15) is 0 Å². The van der Waals surface area contributed by atoms with Crippen LogP contribution in [0.1, 0.15) is 23.3 Å². The summed E-state index contributed by atoms with van der Waals surface area (Å²) in [7, 11) is 0. The van der Waals surface area contributed by atoms with Gasteiger partial charge in [0.25, 0.3) is 0 Å². The van der Waals surface area contributed by atoms with Gasteiger partial charge in [-0.1, -0.05) is 11.8 Å². The summed E-state index contributed by atoms with van der Waals surface area (Å²) in [5.41, 5.74) is 1.29. The van der Waals surface area contributed by atoms with Crippen LogP contribution in [0.2, 0.25) is 0 Å². The molecule has 4 heteroatoms. The van der Waals surface area contributed by atoms with Crippen LogP contribution < -0.4 is 0 Å². The van der Waals surface area contributed by atoms with Crippen LogP contribution in [0.5, 0.6) is 0 Å². The zero-order chi connectivity index (χ0) is 14.2. The van der Waals surface area contributed by atoms with Crippen molar-refractivity contribution in [2.45, 2.75) is 19.6 Å². The number of benzene rings is 1. The molecule has 0 aliphatic rings. The van der Waals surface area contributed by atoms with Crippen LogP contribution in [-0.4, -0.2) is 11.7 Å². The number of hydrogen-bond acceptors (Lipinski definition) is 3. The number of hydrogen-bond donors (Lipinski definition) is 1. The van der Waals surface area contributed by atoms with Gasteiger partial charge in [-0.15, -0.1) is 0 Å². The second-order valence-electron chi connectivity index (χ2n) is 4.20. The molecule has 0 saturated carbocycles. The third-order valence-electron chi connectivity index (χ3n) is 2.52. The Morgan fingerprint density at radius 2 is 2.15 bits per heavy atom. The Labute approximate surface area is 117 Å². The fourth-order valence-electron chi connectivity index (χ4n) is 1.69. The van der Waals surface area contributed by atoms with Crippen LogP contribution in [0, 0.1) is 17.7 Å². The van der Waals surface area contributed by atoms with E-state index in [1.54, 1.807) is 18.4 Å². The smallest absolute Gasteiger partial charge is 0.129 e. The van der Waals surface area contributed by atoms with E-state index >= 15 is 0 Å². The highest BCUT2D eigenvalue weighted by Crippen LogP contribution is 2.11. The molecule has 1 aromatic carbocycles. The number of ether oxygens (including phenoxy) is 1. The van der Waals surface area contributed by atoms with Gasteiger partial charge in [-0.25, -0.2) is 4.39 Å². The van der Waals surface area contributed by atoms with E-state index in [1.807, 2.05) is 6.07 Å². The van der Waals surface area contributed by atoms with Crippen molar-refractivity contribution in [2.75, 3.05) is 6.61 Å². The Morgan fingerprint density at radius 1 is 1.25 bits per heavy atom. The fourth-order valence-corrected chi connectivity index (χ4v) is 1.69. The highest BCUT2D eigenvalue weighted by molar-refractivity contribution is 5.37. The second-order valence-corrected chi connectivity index (χ2v) is 4.20. The highest BCUT2D eigenvalue weighted by Gasteiger charge is 2.01. The summed E-state index contributed by atoms with van der Waals surface area (Å²) in [4.78, 5) is 0. The maximum atomic E-state index is 13.4. The molecule has 0 atom stereocenters. The molecule has 0 aliphatic heterocycles. The van der Waals surface area contributed by atoms with Crippen molar-refractivity contribution in [1.82, 2.24) is 0 Å². The molecule has 3 nitrogen and oxygen atoms in total. The van der Waals surface area contributed by atoms with Crippen LogP contribution in [0.15, 0.2) is 41.0 Å². The highest BCUT2D eigenvalue weighted by atomic mass is 19.1. The van der Waals surface area contributed by atoms with E-state index in [9.17, 15) is 4.39 Å². The van der Waals surface area contributed by atoms with Crippen molar-refractivity contribution in [3.8, 4) is 11.8 Å². The molecule has 0 fully saturated rings. The number of aliphatic hydroxyl groups excluding tert-OH is 1. The normalized spacial score (nSPS) is 10.1. The molecule has 2 rings (SSSR count). The molecule has 0 bridgehead atoms. The van der Waals surface area contributed by atoms with Crippen LogP contribution in [0.4, 0.5) is 4.39 Å². The summed E-state index contributed by atoms with van der Waals surface area (Å²) >= 11 is 0. The Balaban J connectivity index is 1.95. The molecule has 1 aromatic heterocycles. The lowest BCUT2D eigenvalue weighted by atomic mass is 10.1. The molecular formula is C16H15FO3. The minimum absolute atomic E-state index is 0.00142. The molecule has 1 heterocycles. The monoisotopic (exact) mass is 274 g/mol. The lowest BCUT2D eigenvalue weighted by Gasteiger charge is -2.04. The van der Waals surface area contributed by atoms with Gasteiger partial charge in [0.1, 0.15) is 18.2 Å². The van der Waals surface area contributed by atoms with Gasteiger partial charge >= 0.3 is 0 Å². The third-order valence-corrected chi connectivity index (χ3v) is 2.52. The molecule has 0 radical (unpaired) electrons. The van der Waals surface area contributed by atoms with Crippen molar-refractivity contribution >= 4 is 0 Å². The molecule has 20 heavy (non-hydrogen) atoms. The number of aliphatic hydroxyl groups is 1. The van der Waals surface area contributed by atoms with Gasteiger partial charge in [0, 0.05) is 12.0 Å². The quantitative estimate of drug-likeness (QED) is 0.852. The maximum Gasteiger partial charge on any atom is 0.129 e. The summed E-state index contributed by atoms with van der Waals surface area (Å²) in [6.07, 6.45) is 1.95. The minimum Gasteiger partial charge on any atom is -0.467 e. The molecule has 104 valence electrons. The standard InChI is InChI=1S/C16H15FO3/c17-15-9-13(4-1-2-6-18)8-14(10-15)11-19-12-16-5-3-7-20-16/h3,5,7-10,18H,2,6,11-12H2. The number of furan rings is 1. The molecule has 0 spiro atoms. The largest absolute Gasteiger partial charge is 0.467 e. The van der Waals surface area contributed by atoms with E-state index in [0.29, 0.717) is 24.2 Å². The summed E-state index contributed by atoms with van der Waals surface area (Å²) in [6.45, 7) is 0.629. The molecule has 0 saturated heterocycles. The Morgan fingerprint density at radius 3 is 2.90 bits per heavy atom. The lowest BCUT2D eigenvalue weighted by molar-refractivity contribution is 0.0927. The van der Waals surface area contributed by atoms with Crippen LogP contribution >= 0.6 is 0 Å². The summed E-state index contributed by atoms with van der Waals surface area (Å²) in [6, 6.07) is 8.16. The number of halogens is 1. The van der Waals surface area contributed by atoms with Gasteiger partial charge < -0.3 is 14.3 Å². The first-order valence-electron chi connectivity index (χ1n) is 6.27. The van der Waals surface area contributed by atoms with E-state index < -0.39 is 0 Å². The molecule has 2 aromatic rings. The minimum atomic E-state index is -0.350. The second kappa shape index (κ2) is 7.49. The van der Waals surface area contributed by atoms with E-state index in [4.69, 9.17) is 14.3 Å². The average Bonchev–Trinajstić information content (AvgIpc) is 2.92. The van der Waals surface area contributed by atoms with E-state index in [2.05, 4.69) is 11.8 Å².